The Balaban J connectivity index is 2.30. The average molecular weight is 261 g/mol. The molecule has 1 aliphatic rings. The van der Waals surface area contributed by atoms with Crippen LogP contribution in [0.2, 0.25) is 5.02 Å². The molecule has 0 bridgehead atoms. The summed E-state index contributed by atoms with van der Waals surface area (Å²) in [4.78, 5) is 0. The van der Waals surface area contributed by atoms with Gasteiger partial charge in [0.1, 0.15) is 0 Å². The van der Waals surface area contributed by atoms with E-state index < -0.39 is 15.1 Å². The van der Waals surface area contributed by atoms with E-state index in [4.69, 9.17) is 16.7 Å². The molecule has 1 N–H and O–H groups in total. The lowest BCUT2D eigenvalue weighted by Crippen LogP contribution is -2.08. The van der Waals surface area contributed by atoms with E-state index in [9.17, 15) is 8.42 Å². The molecule has 1 fully saturated rings. The summed E-state index contributed by atoms with van der Waals surface area (Å²) in [5.74, 6) is -0.299. The van der Waals surface area contributed by atoms with Gasteiger partial charge < -0.3 is 5.11 Å². The first-order valence-corrected chi connectivity index (χ1v) is 7.33. The van der Waals surface area contributed by atoms with Crippen molar-refractivity contribution in [1.82, 2.24) is 0 Å². The van der Waals surface area contributed by atoms with Crippen molar-refractivity contribution < 1.29 is 13.5 Å². The number of halogens is 1. The van der Waals surface area contributed by atoms with Crippen molar-refractivity contribution in [1.29, 1.82) is 0 Å². The molecule has 1 aromatic rings. The van der Waals surface area contributed by atoms with Crippen LogP contribution in [0.15, 0.2) is 24.3 Å². The molecule has 0 saturated heterocycles. The lowest BCUT2D eigenvalue weighted by molar-refractivity contribution is 0.274. The van der Waals surface area contributed by atoms with Gasteiger partial charge in [-0.2, -0.15) is 0 Å². The highest BCUT2D eigenvalue weighted by Crippen LogP contribution is 2.51. The van der Waals surface area contributed by atoms with Gasteiger partial charge in [0.05, 0.1) is 5.25 Å². The molecular formula is C11H13ClO3S. The molecule has 0 amide bonds. The number of aliphatic hydroxyl groups excluding tert-OH is 1. The molecule has 5 heteroatoms. The fraction of sp³-hybridized carbons (Fsp3) is 0.455. The summed E-state index contributed by atoms with van der Waals surface area (Å²) in [7, 11) is -3.10. The number of sulfone groups is 1. The largest absolute Gasteiger partial charge is 0.396 e. The smallest absolute Gasteiger partial charge is 0.151 e. The molecule has 1 aromatic carbocycles. The first kappa shape index (κ1) is 11.9. The van der Waals surface area contributed by atoms with Crippen LogP contribution in [0.5, 0.6) is 0 Å². The van der Waals surface area contributed by atoms with Gasteiger partial charge >= 0.3 is 0 Å². The molecule has 0 aliphatic heterocycles. The van der Waals surface area contributed by atoms with Crippen molar-refractivity contribution in [2.75, 3.05) is 12.9 Å². The molecule has 2 rings (SSSR count). The topological polar surface area (TPSA) is 54.4 Å². The Bertz CT molecular complexity index is 498. The van der Waals surface area contributed by atoms with Crippen LogP contribution < -0.4 is 0 Å². The second-order valence-corrected chi connectivity index (χ2v) is 6.86. The van der Waals surface area contributed by atoms with Crippen LogP contribution in [0, 0.1) is 5.92 Å². The zero-order valence-corrected chi connectivity index (χ0v) is 10.4. The van der Waals surface area contributed by atoms with Gasteiger partial charge in [-0.05, 0) is 17.7 Å². The highest BCUT2D eigenvalue weighted by atomic mass is 35.5. The molecule has 3 unspecified atom stereocenters. The summed E-state index contributed by atoms with van der Waals surface area (Å²) < 4.78 is 23.0. The summed E-state index contributed by atoms with van der Waals surface area (Å²) in [6.07, 6.45) is 1.21. The lowest BCUT2D eigenvalue weighted by Gasteiger charge is -1.99. The van der Waals surface area contributed by atoms with Gasteiger partial charge in [-0.25, -0.2) is 8.42 Å². The molecule has 0 heterocycles. The van der Waals surface area contributed by atoms with Crippen molar-refractivity contribution >= 4 is 21.4 Å². The van der Waals surface area contributed by atoms with E-state index in [1.807, 2.05) is 6.07 Å². The van der Waals surface area contributed by atoms with Crippen LogP contribution in [0.1, 0.15) is 11.5 Å². The maximum absolute atomic E-state index is 11.5. The lowest BCUT2D eigenvalue weighted by atomic mass is 10.1. The fourth-order valence-corrected chi connectivity index (χ4v) is 4.18. The predicted molar refractivity (Wildman–Crippen MR) is 63.4 cm³/mol. The standard InChI is InChI=1S/C11H13ClO3S/c1-16(14,15)11-9(6-13)10(11)7-3-2-4-8(12)5-7/h2-5,9-11,13H,6H2,1H3. The quantitative estimate of drug-likeness (QED) is 0.895. The normalized spacial score (nSPS) is 29.1. The van der Waals surface area contributed by atoms with Gasteiger partial charge in [-0.1, -0.05) is 23.7 Å². The molecule has 3 nitrogen and oxygen atoms in total. The summed E-state index contributed by atoms with van der Waals surface area (Å²) in [5.41, 5.74) is 0.891. The van der Waals surface area contributed by atoms with Crippen LogP contribution in [0.4, 0.5) is 0 Å². The second-order valence-electron chi connectivity index (χ2n) is 4.22. The zero-order chi connectivity index (χ0) is 11.9. The molecule has 3 atom stereocenters. The highest BCUT2D eigenvalue weighted by molar-refractivity contribution is 7.91. The van der Waals surface area contributed by atoms with Crippen molar-refractivity contribution in [3.05, 3.63) is 34.9 Å². The number of aliphatic hydroxyl groups is 1. The Morgan fingerprint density at radius 2 is 2.12 bits per heavy atom. The molecule has 1 saturated carbocycles. The van der Waals surface area contributed by atoms with Gasteiger partial charge in [-0.15, -0.1) is 0 Å². The third kappa shape index (κ3) is 2.10. The highest BCUT2D eigenvalue weighted by Gasteiger charge is 2.56. The molecule has 88 valence electrons. The average Bonchev–Trinajstić information content (AvgIpc) is 2.91. The Labute approximate surface area is 100.0 Å². The Kier molecular flexibility index (Phi) is 2.99. The number of benzene rings is 1. The van der Waals surface area contributed by atoms with E-state index in [-0.39, 0.29) is 18.4 Å². The minimum atomic E-state index is -3.10. The fourth-order valence-electron chi connectivity index (χ4n) is 2.29. The molecular weight excluding hydrogens is 248 g/mol. The van der Waals surface area contributed by atoms with Crippen molar-refractivity contribution in [2.45, 2.75) is 11.2 Å². The zero-order valence-electron chi connectivity index (χ0n) is 8.80. The van der Waals surface area contributed by atoms with Gasteiger partial charge in [0.15, 0.2) is 9.84 Å². The summed E-state index contributed by atoms with van der Waals surface area (Å²) in [6, 6.07) is 7.16. The third-order valence-corrected chi connectivity index (χ3v) is 4.90. The van der Waals surface area contributed by atoms with Crippen LogP contribution in [-0.2, 0) is 9.84 Å². The van der Waals surface area contributed by atoms with Crippen LogP contribution in [-0.4, -0.2) is 31.6 Å². The van der Waals surface area contributed by atoms with E-state index >= 15 is 0 Å². The van der Waals surface area contributed by atoms with Crippen LogP contribution in [0.25, 0.3) is 0 Å². The van der Waals surface area contributed by atoms with E-state index in [1.54, 1.807) is 18.2 Å². The minimum Gasteiger partial charge on any atom is -0.396 e. The van der Waals surface area contributed by atoms with Crippen LogP contribution >= 0.6 is 11.6 Å². The molecule has 0 spiro atoms. The maximum atomic E-state index is 11.5. The Morgan fingerprint density at radius 1 is 1.44 bits per heavy atom. The number of rotatable bonds is 3. The Morgan fingerprint density at radius 3 is 2.56 bits per heavy atom. The Hall–Kier alpha value is -0.580. The van der Waals surface area contributed by atoms with E-state index in [2.05, 4.69) is 0 Å². The van der Waals surface area contributed by atoms with E-state index in [0.717, 1.165) is 5.56 Å². The first-order chi connectivity index (χ1) is 7.45. The molecule has 0 radical (unpaired) electrons. The SMILES string of the molecule is CS(=O)(=O)C1C(CO)C1c1cccc(Cl)c1. The number of hydrogen-bond donors (Lipinski definition) is 1. The number of hydrogen-bond acceptors (Lipinski definition) is 3. The summed E-state index contributed by atoms with van der Waals surface area (Å²) in [6.45, 7) is -0.102. The van der Waals surface area contributed by atoms with Crippen molar-refractivity contribution in [2.24, 2.45) is 5.92 Å². The molecule has 0 aromatic heterocycles. The first-order valence-electron chi connectivity index (χ1n) is 5.00. The van der Waals surface area contributed by atoms with Gasteiger partial charge in [-0.3, -0.25) is 0 Å². The summed E-state index contributed by atoms with van der Waals surface area (Å²) >= 11 is 5.86. The second kappa shape index (κ2) is 4.02. The summed E-state index contributed by atoms with van der Waals surface area (Å²) in [5, 5.41) is 9.27. The van der Waals surface area contributed by atoms with Crippen molar-refractivity contribution in [3.63, 3.8) is 0 Å². The van der Waals surface area contributed by atoms with Gasteiger partial charge in [0.2, 0.25) is 0 Å². The van der Waals surface area contributed by atoms with Gasteiger partial charge in [0, 0.05) is 29.7 Å². The van der Waals surface area contributed by atoms with Gasteiger partial charge in [0.25, 0.3) is 0 Å². The minimum absolute atomic E-state index is 0.102. The molecule has 16 heavy (non-hydrogen) atoms. The van der Waals surface area contributed by atoms with Crippen molar-refractivity contribution in [3.8, 4) is 0 Å². The third-order valence-electron chi connectivity index (χ3n) is 3.04. The van der Waals surface area contributed by atoms with E-state index in [1.165, 1.54) is 6.26 Å². The van der Waals surface area contributed by atoms with E-state index in [0.29, 0.717) is 5.02 Å². The molecule has 1 aliphatic carbocycles. The maximum Gasteiger partial charge on any atom is 0.151 e. The predicted octanol–water partition coefficient (Wildman–Crippen LogP) is 1.46. The monoisotopic (exact) mass is 260 g/mol. The van der Waals surface area contributed by atoms with Crippen LogP contribution in [0.3, 0.4) is 0 Å².